The molecule has 0 bridgehead atoms. The van der Waals surface area contributed by atoms with E-state index in [1.165, 1.54) is 6.33 Å². The Morgan fingerprint density at radius 2 is 2.31 bits per heavy atom. The minimum absolute atomic E-state index is 0.130. The molecule has 1 unspecified atom stereocenters. The van der Waals surface area contributed by atoms with Gasteiger partial charge in [0.1, 0.15) is 16.6 Å². The van der Waals surface area contributed by atoms with E-state index in [9.17, 15) is 0 Å². The summed E-state index contributed by atoms with van der Waals surface area (Å²) in [6, 6.07) is 0. The van der Waals surface area contributed by atoms with Gasteiger partial charge < -0.3 is 10.5 Å². The standard InChI is InChI=1S/C8H12BrN3O/c1-3-5(2)13-8-6(9)7(10)11-4-12-8/h4-5H,3H2,1-2H3,(H2,10,11,12). The van der Waals surface area contributed by atoms with Gasteiger partial charge in [-0.1, -0.05) is 6.92 Å². The monoisotopic (exact) mass is 245 g/mol. The lowest BCUT2D eigenvalue weighted by molar-refractivity contribution is 0.207. The highest BCUT2D eigenvalue weighted by molar-refractivity contribution is 9.10. The Hall–Kier alpha value is -0.840. The summed E-state index contributed by atoms with van der Waals surface area (Å²) in [4.78, 5) is 7.78. The zero-order valence-corrected chi connectivity index (χ0v) is 9.21. The second-order valence-corrected chi connectivity index (χ2v) is 3.51. The predicted molar refractivity (Wildman–Crippen MR) is 54.5 cm³/mol. The zero-order chi connectivity index (χ0) is 9.84. The summed E-state index contributed by atoms with van der Waals surface area (Å²) in [5.41, 5.74) is 5.56. The van der Waals surface area contributed by atoms with Gasteiger partial charge in [-0.3, -0.25) is 0 Å². The number of hydrogen-bond donors (Lipinski definition) is 1. The van der Waals surface area contributed by atoms with Crippen molar-refractivity contribution in [2.45, 2.75) is 26.4 Å². The third kappa shape index (κ3) is 2.55. The van der Waals surface area contributed by atoms with Crippen LogP contribution in [0.5, 0.6) is 5.88 Å². The lowest BCUT2D eigenvalue weighted by atomic mass is 10.3. The van der Waals surface area contributed by atoms with Crippen LogP contribution in [-0.4, -0.2) is 16.1 Å². The van der Waals surface area contributed by atoms with E-state index in [1.807, 2.05) is 13.8 Å². The van der Waals surface area contributed by atoms with Gasteiger partial charge in [0.15, 0.2) is 0 Å². The van der Waals surface area contributed by atoms with Gasteiger partial charge in [-0.15, -0.1) is 0 Å². The topological polar surface area (TPSA) is 61.0 Å². The van der Waals surface area contributed by atoms with Crippen molar-refractivity contribution < 1.29 is 4.74 Å². The van der Waals surface area contributed by atoms with E-state index in [1.54, 1.807) is 0 Å². The molecular weight excluding hydrogens is 234 g/mol. The van der Waals surface area contributed by atoms with E-state index in [0.29, 0.717) is 16.2 Å². The van der Waals surface area contributed by atoms with E-state index < -0.39 is 0 Å². The van der Waals surface area contributed by atoms with Gasteiger partial charge >= 0.3 is 0 Å². The van der Waals surface area contributed by atoms with Gasteiger partial charge in [0.25, 0.3) is 0 Å². The number of nitrogen functional groups attached to an aromatic ring is 1. The van der Waals surface area contributed by atoms with Gasteiger partial charge in [0, 0.05) is 0 Å². The molecule has 1 rings (SSSR count). The third-order valence-electron chi connectivity index (χ3n) is 1.67. The average molecular weight is 246 g/mol. The van der Waals surface area contributed by atoms with E-state index in [4.69, 9.17) is 10.5 Å². The molecule has 0 saturated heterocycles. The van der Waals surface area contributed by atoms with Gasteiger partial charge in [-0.2, -0.15) is 0 Å². The van der Waals surface area contributed by atoms with E-state index in [2.05, 4.69) is 25.9 Å². The molecule has 0 aliphatic heterocycles. The number of aromatic nitrogens is 2. The lowest BCUT2D eigenvalue weighted by Gasteiger charge is -2.12. The molecule has 1 heterocycles. The van der Waals surface area contributed by atoms with Gasteiger partial charge in [-0.25, -0.2) is 9.97 Å². The maximum atomic E-state index is 5.56. The van der Waals surface area contributed by atoms with Crippen LogP contribution in [0.25, 0.3) is 0 Å². The Morgan fingerprint density at radius 3 is 2.92 bits per heavy atom. The highest BCUT2D eigenvalue weighted by atomic mass is 79.9. The van der Waals surface area contributed by atoms with E-state index in [-0.39, 0.29) is 6.10 Å². The summed E-state index contributed by atoms with van der Waals surface area (Å²) in [7, 11) is 0. The molecule has 0 radical (unpaired) electrons. The number of nitrogens with zero attached hydrogens (tertiary/aromatic N) is 2. The first-order valence-corrected chi connectivity index (χ1v) is 4.87. The summed E-state index contributed by atoms with van der Waals surface area (Å²) in [6.07, 6.45) is 2.44. The fourth-order valence-corrected chi connectivity index (χ4v) is 1.02. The molecule has 0 saturated carbocycles. The Morgan fingerprint density at radius 1 is 1.62 bits per heavy atom. The molecule has 0 spiro atoms. The molecule has 0 aromatic carbocycles. The molecule has 1 aromatic rings. The van der Waals surface area contributed by atoms with Crippen molar-refractivity contribution in [2.75, 3.05) is 5.73 Å². The number of anilines is 1. The molecule has 1 aromatic heterocycles. The number of halogens is 1. The van der Waals surface area contributed by atoms with Crippen LogP contribution < -0.4 is 10.5 Å². The Kier molecular flexibility index (Phi) is 3.48. The molecule has 0 fully saturated rings. The molecule has 13 heavy (non-hydrogen) atoms. The molecule has 5 heteroatoms. The summed E-state index contributed by atoms with van der Waals surface area (Å²) in [5, 5.41) is 0. The lowest BCUT2D eigenvalue weighted by Crippen LogP contribution is -2.11. The number of hydrogen-bond acceptors (Lipinski definition) is 4. The first kappa shape index (κ1) is 10.2. The van der Waals surface area contributed by atoms with Crippen LogP contribution in [0.15, 0.2) is 10.8 Å². The summed E-state index contributed by atoms with van der Waals surface area (Å²) in [6.45, 7) is 4.02. The molecule has 4 nitrogen and oxygen atoms in total. The predicted octanol–water partition coefficient (Wildman–Crippen LogP) is 2.00. The van der Waals surface area contributed by atoms with E-state index in [0.717, 1.165) is 6.42 Å². The minimum atomic E-state index is 0.130. The third-order valence-corrected chi connectivity index (χ3v) is 2.42. The van der Waals surface area contributed by atoms with Crippen molar-refractivity contribution in [3.8, 4) is 5.88 Å². The quantitative estimate of drug-likeness (QED) is 0.885. The van der Waals surface area contributed by atoms with Crippen LogP contribution in [-0.2, 0) is 0 Å². The first-order valence-electron chi connectivity index (χ1n) is 4.07. The van der Waals surface area contributed by atoms with Crippen LogP contribution in [0.1, 0.15) is 20.3 Å². The van der Waals surface area contributed by atoms with Gasteiger partial charge in [0.2, 0.25) is 5.88 Å². The summed E-state index contributed by atoms with van der Waals surface area (Å²) < 4.78 is 6.12. The number of rotatable bonds is 3. The maximum absolute atomic E-state index is 5.56. The van der Waals surface area contributed by atoms with Crippen molar-refractivity contribution >= 4 is 21.7 Å². The number of nitrogens with two attached hydrogens (primary N) is 1. The van der Waals surface area contributed by atoms with Crippen molar-refractivity contribution in [1.29, 1.82) is 0 Å². The fraction of sp³-hybridized carbons (Fsp3) is 0.500. The van der Waals surface area contributed by atoms with Crippen LogP contribution in [0.3, 0.4) is 0 Å². The van der Waals surface area contributed by atoms with Crippen molar-refractivity contribution in [1.82, 2.24) is 9.97 Å². The highest BCUT2D eigenvalue weighted by Crippen LogP contribution is 2.26. The second-order valence-electron chi connectivity index (χ2n) is 2.71. The van der Waals surface area contributed by atoms with Gasteiger partial charge in [0.05, 0.1) is 6.10 Å². The fourth-order valence-electron chi connectivity index (χ4n) is 0.722. The zero-order valence-electron chi connectivity index (χ0n) is 7.62. The van der Waals surface area contributed by atoms with Crippen LogP contribution in [0.4, 0.5) is 5.82 Å². The Labute approximate surface area is 85.7 Å². The molecule has 0 aliphatic carbocycles. The van der Waals surface area contributed by atoms with Crippen LogP contribution >= 0.6 is 15.9 Å². The van der Waals surface area contributed by atoms with Crippen LogP contribution in [0.2, 0.25) is 0 Å². The van der Waals surface area contributed by atoms with Crippen LogP contribution in [0, 0.1) is 0 Å². The molecule has 72 valence electrons. The van der Waals surface area contributed by atoms with E-state index >= 15 is 0 Å². The Bertz CT molecular complexity index is 293. The normalized spacial score (nSPS) is 12.5. The minimum Gasteiger partial charge on any atom is -0.474 e. The summed E-state index contributed by atoms with van der Waals surface area (Å²) in [5.74, 6) is 0.898. The average Bonchev–Trinajstić information content (AvgIpc) is 2.13. The first-order chi connectivity index (χ1) is 6.15. The molecule has 1 atom stereocenters. The smallest absolute Gasteiger partial charge is 0.233 e. The van der Waals surface area contributed by atoms with Crippen molar-refractivity contribution in [2.24, 2.45) is 0 Å². The van der Waals surface area contributed by atoms with Gasteiger partial charge in [-0.05, 0) is 29.3 Å². The summed E-state index contributed by atoms with van der Waals surface area (Å²) >= 11 is 3.26. The van der Waals surface area contributed by atoms with Crippen molar-refractivity contribution in [3.05, 3.63) is 10.8 Å². The van der Waals surface area contributed by atoms with Crippen molar-refractivity contribution in [3.63, 3.8) is 0 Å². The molecule has 0 aliphatic rings. The largest absolute Gasteiger partial charge is 0.474 e. The molecule has 0 amide bonds. The SMILES string of the molecule is CCC(C)Oc1ncnc(N)c1Br. The maximum Gasteiger partial charge on any atom is 0.233 e. The molecular formula is C8H12BrN3O. The highest BCUT2D eigenvalue weighted by Gasteiger charge is 2.09. The second kappa shape index (κ2) is 4.41. The number of ether oxygens (including phenoxy) is 1. The Balaban J connectivity index is 2.83. The molecule has 2 N–H and O–H groups in total.